The van der Waals surface area contributed by atoms with Crippen molar-refractivity contribution in [1.82, 2.24) is 4.98 Å². The Morgan fingerprint density at radius 3 is 2.66 bits per heavy atom. The van der Waals surface area contributed by atoms with Gasteiger partial charge in [0.05, 0.1) is 15.4 Å². The van der Waals surface area contributed by atoms with Gasteiger partial charge < -0.3 is 9.84 Å². The van der Waals surface area contributed by atoms with Crippen molar-refractivity contribution < 1.29 is 27.4 Å². The van der Waals surface area contributed by atoms with Crippen LogP contribution in [0.3, 0.4) is 0 Å². The van der Waals surface area contributed by atoms with Crippen LogP contribution in [0.4, 0.5) is 4.39 Å². The first kappa shape index (κ1) is 22.8. The molecule has 1 saturated carbocycles. The summed E-state index contributed by atoms with van der Waals surface area (Å²) in [5.74, 6) is -2.67. The van der Waals surface area contributed by atoms with Gasteiger partial charge in [-0.15, -0.1) is 0 Å². The van der Waals surface area contributed by atoms with E-state index in [-0.39, 0.29) is 20.9 Å². The lowest BCUT2D eigenvalue weighted by molar-refractivity contribution is -0.134. The van der Waals surface area contributed by atoms with Crippen molar-refractivity contribution in [1.29, 1.82) is 0 Å². The molecular formula is C22H18Cl2FNO5S. The average molecular weight is 498 g/mol. The number of pyridine rings is 1. The first-order valence-corrected chi connectivity index (χ1v) is 12.2. The molecule has 1 aromatic heterocycles. The molecule has 0 spiro atoms. The molecule has 10 heteroatoms. The number of hydrogen-bond acceptors (Lipinski definition) is 5. The number of fused-ring (bicyclic) bond motifs is 1. The van der Waals surface area contributed by atoms with E-state index in [2.05, 4.69) is 4.98 Å². The Kier molecular flexibility index (Phi) is 6.04. The van der Waals surface area contributed by atoms with Crippen molar-refractivity contribution in [3.05, 3.63) is 63.5 Å². The molecule has 6 nitrogen and oxygen atoms in total. The first-order chi connectivity index (χ1) is 15.1. The fourth-order valence-corrected chi connectivity index (χ4v) is 5.69. The summed E-state index contributed by atoms with van der Waals surface area (Å²) in [6, 6.07) is 7.57. The molecule has 1 fully saturated rings. The van der Waals surface area contributed by atoms with Crippen molar-refractivity contribution in [2.45, 2.75) is 36.7 Å². The van der Waals surface area contributed by atoms with Gasteiger partial charge in [-0.1, -0.05) is 23.2 Å². The summed E-state index contributed by atoms with van der Waals surface area (Å²) in [4.78, 5) is 15.2. The van der Waals surface area contributed by atoms with Crippen molar-refractivity contribution in [2.24, 2.45) is 0 Å². The summed E-state index contributed by atoms with van der Waals surface area (Å²) in [5.41, 5.74) is 1.41. The molecule has 0 amide bonds. The Bertz CT molecular complexity index is 1340. The highest BCUT2D eigenvalue weighted by Crippen LogP contribution is 2.46. The molecule has 0 unspecified atom stereocenters. The molecule has 0 aliphatic heterocycles. The van der Waals surface area contributed by atoms with E-state index in [4.69, 9.17) is 33.0 Å². The van der Waals surface area contributed by atoms with Gasteiger partial charge in [0, 0.05) is 22.2 Å². The third-order valence-electron chi connectivity index (χ3n) is 5.28. The number of aliphatic carboxylic acids is 1. The van der Waals surface area contributed by atoms with Gasteiger partial charge in [0.1, 0.15) is 17.7 Å². The van der Waals surface area contributed by atoms with Crippen LogP contribution in [-0.2, 0) is 14.6 Å². The number of halogens is 3. The van der Waals surface area contributed by atoms with E-state index in [0.29, 0.717) is 27.8 Å². The van der Waals surface area contributed by atoms with Crippen LogP contribution >= 0.6 is 23.2 Å². The number of rotatable bonds is 7. The largest absolute Gasteiger partial charge is 0.486 e. The summed E-state index contributed by atoms with van der Waals surface area (Å²) in [6.07, 6.45) is 2.12. The molecule has 4 rings (SSSR count). The van der Waals surface area contributed by atoms with Crippen LogP contribution in [0.2, 0.25) is 10.0 Å². The number of benzene rings is 2. The number of hydrogen-bond donors (Lipinski definition) is 1. The highest BCUT2D eigenvalue weighted by molar-refractivity contribution is 7.92. The number of carboxylic acid groups (broad SMARTS) is 1. The van der Waals surface area contributed by atoms with Gasteiger partial charge in [0.2, 0.25) is 0 Å². The molecule has 1 N–H and O–H groups in total. The maximum atomic E-state index is 13.9. The van der Waals surface area contributed by atoms with Crippen LogP contribution in [0.25, 0.3) is 10.9 Å². The molecule has 1 aliphatic rings. The summed E-state index contributed by atoms with van der Waals surface area (Å²) < 4.78 is 45.2. The van der Waals surface area contributed by atoms with Gasteiger partial charge in [0.25, 0.3) is 0 Å². The normalized spacial score (nSPS) is 15.0. The van der Waals surface area contributed by atoms with Crippen molar-refractivity contribution >= 4 is 49.9 Å². The van der Waals surface area contributed by atoms with Crippen LogP contribution < -0.4 is 4.74 Å². The average Bonchev–Trinajstić information content (AvgIpc) is 3.54. The summed E-state index contributed by atoms with van der Waals surface area (Å²) in [6.45, 7) is 1.67. The predicted octanol–water partition coefficient (Wildman–Crippen LogP) is 5.56. The number of sulfone groups is 1. The maximum absolute atomic E-state index is 13.9. The first-order valence-electron chi connectivity index (χ1n) is 9.75. The summed E-state index contributed by atoms with van der Waals surface area (Å²) >= 11 is 12.3. The zero-order valence-electron chi connectivity index (χ0n) is 16.8. The van der Waals surface area contributed by atoms with E-state index in [1.165, 1.54) is 18.3 Å². The van der Waals surface area contributed by atoms with Crippen molar-refractivity contribution in [2.75, 3.05) is 5.75 Å². The smallest absolute Gasteiger partial charge is 0.319 e. The van der Waals surface area contributed by atoms with E-state index in [1.54, 1.807) is 25.1 Å². The topological polar surface area (TPSA) is 93.6 Å². The van der Waals surface area contributed by atoms with Crippen molar-refractivity contribution in [3.8, 4) is 5.75 Å². The van der Waals surface area contributed by atoms with Crippen molar-refractivity contribution in [3.63, 3.8) is 0 Å². The molecule has 2 aromatic carbocycles. The summed E-state index contributed by atoms with van der Waals surface area (Å²) in [7, 11) is -4.06. The Morgan fingerprint density at radius 1 is 1.28 bits per heavy atom. The van der Waals surface area contributed by atoms with Crippen LogP contribution in [0, 0.1) is 5.82 Å². The minimum atomic E-state index is -4.06. The molecule has 1 heterocycles. The fourth-order valence-electron chi connectivity index (χ4n) is 3.71. The lowest BCUT2D eigenvalue weighted by Crippen LogP contribution is -2.17. The maximum Gasteiger partial charge on any atom is 0.319 e. The number of nitrogens with zero attached hydrogens (tertiary/aromatic N) is 1. The van der Waals surface area contributed by atoms with Gasteiger partial charge in [-0.05, 0) is 61.6 Å². The Hall–Kier alpha value is -2.42. The minimum Gasteiger partial charge on any atom is -0.486 e. The molecular weight excluding hydrogens is 480 g/mol. The highest BCUT2D eigenvalue weighted by Gasteiger charge is 2.34. The predicted molar refractivity (Wildman–Crippen MR) is 119 cm³/mol. The van der Waals surface area contributed by atoms with E-state index < -0.39 is 33.5 Å². The molecule has 1 atom stereocenters. The molecule has 168 valence electrons. The lowest BCUT2D eigenvalue weighted by atomic mass is 10.0. The minimum absolute atomic E-state index is 0.00106. The Morgan fingerprint density at radius 2 is 2.00 bits per heavy atom. The number of ether oxygens (including phenoxy) is 1. The number of carbonyl (C=O) groups is 1. The van der Waals surface area contributed by atoms with Gasteiger partial charge >= 0.3 is 5.97 Å². The van der Waals surface area contributed by atoms with E-state index >= 15 is 0 Å². The quantitative estimate of drug-likeness (QED) is 0.429. The zero-order valence-corrected chi connectivity index (χ0v) is 19.1. The monoisotopic (exact) mass is 497 g/mol. The standard InChI is InChI=1S/C22H18Cl2FNO5S/c1-11(20-15(23)5-6-16(25)22(20)24)31-13-4-7-17-14(8-13)21(12-2-3-12)18(9-26-17)32(29,30)10-19(27)28/h4-9,11-12H,2-3,10H2,1H3,(H,27,28)/t11-/m0/s1. The van der Waals surface area contributed by atoms with Gasteiger partial charge in [-0.3, -0.25) is 9.78 Å². The molecule has 32 heavy (non-hydrogen) atoms. The second-order valence-electron chi connectivity index (χ2n) is 7.66. The Balaban J connectivity index is 1.78. The second kappa shape index (κ2) is 8.50. The van der Waals surface area contributed by atoms with Crippen LogP contribution in [0.15, 0.2) is 41.4 Å². The molecule has 0 bridgehead atoms. The molecule has 3 aromatic rings. The third kappa shape index (κ3) is 4.40. The van der Waals surface area contributed by atoms with E-state index in [1.807, 2.05) is 0 Å². The van der Waals surface area contributed by atoms with Gasteiger partial charge in [-0.2, -0.15) is 0 Å². The van der Waals surface area contributed by atoms with E-state index in [9.17, 15) is 17.6 Å². The second-order valence-corrected chi connectivity index (χ2v) is 10.4. The van der Waals surface area contributed by atoms with Crippen LogP contribution in [0.5, 0.6) is 5.75 Å². The number of carboxylic acids is 1. The highest BCUT2D eigenvalue weighted by atomic mass is 35.5. The zero-order chi connectivity index (χ0) is 23.2. The van der Waals surface area contributed by atoms with E-state index in [0.717, 1.165) is 12.8 Å². The summed E-state index contributed by atoms with van der Waals surface area (Å²) in [5, 5.41) is 9.71. The lowest BCUT2D eigenvalue weighted by Gasteiger charge is -2.19. The SMILES string of the molecule is C[C@H](Oc1ccc2ncc(S(=O)(=O)CC(=O)O)c(C3CC3)c2c1)c1c(Cl)ccc(F)c1Cl. The third-order valence-corrected chi connectivity index (χ3v) is 7.61. The Labute approximate surface area is 193 Å². The van der Waals surface area contributed by atoms with Crippen LogP contribution in [0.1, 0.15) is 42.9 Å². The molecule has 0 saturated heterocycles. The molecule has 1 aliphatic carbocycles. The van der Waals surface area contributed by atoms with Gasteiger partial charge in [-0.25, -0.2) is 12.8 Å². The molecule has 0 radical (unpaired) electrons. The fraction of sp³-hybridized carbons (Fsp3) is 0.273. The van der Waals surface area contributed by atoms with Gasteiger partial charge in [0.15, 0.2) is 15.6 Å². The number of aromatic nitrogens is 1. The van der Waals surface area contributed by atoms with Crippen LogP contribution in [-0.4, -0.2) is 30.2 Å².